The van der Waals surface area contributed by atoms with Crippen LogP contribution in [-0.2, 0) is 0 Å². The molecule has 0 atom stereocenters. The van der Waals surface area contributed by atoms with Crippen molar-refractivity contribution < 1.29 is 9.47 Å². The van der Waals surface area contributed by atoms with Crippen LogP contribution in [0.1, 0.15) is 5.69 Å². The molecule has 0 fully saturated rings. The highest BCUT2D eigenvalue weighted by Gasteiger charge is 2.21. The summed E-state index contributed by atoms with van der Waals surface area (Å²) in [6.07, 6.45) is 1.56. The normalized spacial score (nSPS) is 10.3. The van der Waals surface area contributed by atoms with E-state index in [-0.39, 0.29) is 11.8 Å². The van der Waals surface area contributed by atoms with E-state index in [9.17, 15) is 0 Å². The first kappa shape index (κ1) is 18.9. The SMILES string of the molecule is COc1cnc(-c2c(Cl)nnc(C)c2-c2cccc(OCC#N)c2)c(Cl)c1. The van der Waals surface area contributed by atoms with Crippen molar-refractivity contribution in [2.24, 2.45) is 0 Å². The monoisotopic (exact) mass is 400 g/mol. The Morgan fingerprint density at radius 3 is 2.63 bits per heavy atom. The van der Waals surface area contributed by atoms with E-state index in [2.05, 4.69) is 15.2 Å². The van der Waals surface area contributed by atoms with Crippen molar-refractivity contribution in [3.8, 4) is 40.0 Å². The molecule has 0 bridgehead atoms. The lowest BCUT2D eigenvalue weighted by Crippen LogP contribution is -2.00. The van der Waals surface area contributed by atoms with Crippen LogP contribution in [0.2, 0.25) is 10.2 Å². The van der Waals surface area contributed by atoms with Crippen molar-refractivity contribution in [2.75, 3.05) is 13.7 Å². The standard InChI is InChI=1S/C19H14Cl2N4O2/c1-11-16(12-4-3-5-13(8-12)27-7-6-22)17(19(21)25-24-11)18-15(20)9-14(26-2)10-23-18/h3-5,8-10H,7H2,1-2H3. The summed E-state index contributed by atoms with van der Waals surface area (Å²) in [5.41, 5.74) is 3.22. The van der Waals surface area contributed by atoms with E-state index in [1.165, 1.54) is 7.11 Å². The molecule has 3 aromatic rings. The van der Waals surface area contributed by atoms with Crippen molar-refractivity contribution in [1.82, 2.24) is 15.2 Å². The third-order valence-corrected chi connectivity index (χ3v) is 4.37. The van der Waals surface area contributed by atoms with E-state index < -0.39 is 0 Å². The molecule has 3 rings (SSSR count). The van der Waals surface area contributed by atoms with Gasteiger partial charge in [0, 0.05) is 11.6 Å². The van der Waals surface area contributed by atoms with Crippen molar-refractivity contribution >= 4 is 23.2 Å². The van der Waals surface area contributed by atoms with Crippen molar-refractivity contribution in [3.63, 3.8) is 0 Å². The Kier molecular flexibility index (Phi) is 5.75. The molecule has 0 aliphatic heterocycles. The van der Waals surface area contributed by atoms with Crippen LogP contribution < -0.4 is 9.47 Å². The first-order valence-corrected chi connectivity index (χ1v) is 8.63. The van der Waals surface area contributed by atoms with Crippen LogP contribution in [0.3, 0.4) is 0 Å². The Morgan fingerprint density at radius 1 is 1.11 bits per heavy atom. The van der Waals surface area contributed by atoms with Crippen LogP contribution in [0.25, 0.3) is 22.4 Å². The van der Waals surface area contributed by atoms with Crippen LogP contribution >= 0.6 is 23.2 Å². The number of aromatic nitrogens is 3. The zero-order valence-corrected chi connectivity index (χ0v) is 16.0. The summed E-state index contributed by atoms with van der Waals surface area (Å²) in [6.45, 7) is 1.78. The molecule has 2 aromatic heterocycles. The molecule has 0 saturated carbocycles. The Morgan fingerprint density at radius 2 is 1.93 bits per heavy atom. The molecule has 0 spiro atoms. The summed E-state index contributed by atoms with van der Waals surface area (Å²) in [6, 6.07) is 10.9. The Balaban J connectivity index is 2.21. The van der Waals surface area contributed by atoms with E-state index in [1.807, 2.05) is 25.1 Å². The third-order valence-electron chi connectivity index (χ3n) is 3.82. The van der Waals surface area contributed by atoms with Crippen molar-refractivity contribution in [1.29, 1.82) is 5.26 Å². The molecule has 0 amide bonds. The van der Waals surface area contributed by atoms with Crippen molar-refractivity contribution in [2.45, 2.75) is 6.92 Å². The minimum absolute atomic E-state index is 0.0451. The van der Waals surface area contributed by atoms with Gasteiger partial charge in [-0.05, 0) is 24.6 Å². The highest BCUT2D eigenvalue weighted by Crippen LogP contribution is 2.41. The van der Waals surface area contributed by atoms with Gasteiger partial charge in [-0.25, -0.2) is 0 Å². The molecule has 0 saturated heterocycles. The summed E-state index contributed by atoms with van der Waals surface area (Å²) in [7, 11) is 1.54. The zero-order valence-electron chi connectivity index (χ0n) is 14.5. The first-order chi connectivity index (χ1) is 13.0. The predicted octanol–water partition coefficient (Wildman–Crippen LogP) is 4.73. The Hall–Kier alpha value is -2.88. The van der Waals surface area contributed by atoms with Gasteiger partial charge >= 0.3 is 0 Å². The fraction of sp³-hybridized carbons (Fsp3) is 0.158. The maximum atomic E-state index is 8.72. The minimum atomic E-state index is -0.0451. The molecule has 0 N–H and O–H groups in total. The van der Waals surface area contributed by atoms with Gasteiger partial charge in [0.2, 0.25) is 0 Å². The Bertz CT molecular complexity index is 1030. The van der Waals surface area contributed by atoms with Crippen LogP contribution in [0, 0.1) is 18.3 Å². The van der Waals surface area contributed by atoms with Crippen LogP contribution in [0.15, 0.2) is 36.5 Å². The summed E-state index contributed by atoms with van der Waals surface area (Å²) in [5.74, 6) is 1.09. The molecule has 136 valence electrons. The van der Waals surface area contributed by atoms with Crippen LogP contribution in [0.5, 0.6) is 11.5 Å². The topological polar surface area (TPSA) is 80.9 Å². The smallest absolute Gasteiger partial charge is 0.174 e. The van der Waals surface area contributed by atoms with Gasteiger partial charge in [-0.2, -0.15) is 10.4 Å². The van der Waals surface area contributed by atoms with Crippen molar-refractivity contribution in [3.05, 3.63) is 52.4 Å². The van der Waals surface area contributed by atoms with Crippen LogP contribution in [-0.4, -0.2) is 28.9 Å². The number of benzene rings is 1. The lowest BCUT2D eigenvalue weighted by atomic mass is 9.97. The van der Waals surface area contributed by atoms with Gasteiger partial charge in [0.15, 0.2) is 11.8 Å². The number of nitriles is 1. The molecule has 8 heteroatoms. The van der Waals surface area contributed by atoms with Gasteiger partial charge < -0.3 is 9.47 Å². The molecular weight excluding hydrogens is 387 g/mol. The van der Waals surface area contributed by atoms with Gasteiger partial charge in [0.05, 0.1) is 35.3 Å². The van der Waals surface area contributed by atoms with E-state index in [1.54, 1.807) is 24.4 Å². The van der Waals surface area contributed by atoms with E-state index in [4.69, 9.17) is 37.9 Å². The van der Waals surface area contributed by atoms with Crippen LogP contribution in [0.4, 0.5) is 0 Å². The fourth-order valence-corrected chi connectivity index (χ4v) is 3.12. The predicted molar refractivity (Wildman–Crippen MR) is 103 cm³/mol. The van der Waals surface area contributed by atoms with E-state index >= 15 is 0 Å². The largest absolute Gasteiger partial charge is 0.495 e. The molecule has 27 heavy (non-hydrogen) atoms. The maximum Gasteiger partial charge on any atom is 0.174 e. The number of aryl methyl sites for hydroxylation is 1. The summed E-state index contributed by atoms with van der Waals surface area (Å²) < 4.78 is 10.6. The number of halogens is 2. The zero-order chi connectivity index (χ0) is 19.4. The quantitative estimate of drug-likeness (QED) is 0.615. The second-order valence-electron chi connectivity index (χ2n) is 5.51. The van der Waals surface area contributed by atoms with Gasteiger partial charge in [-0.15, -0.1) is 5.10 Å². The number of pyridine rings is 1. The highest BCUT2D eigenvalue weighted by molar-refractivity contribution is 6.36. The third kappa shape index (κ3) is 3.95. The molecule has 0 unspecified atom stereocenters. The van der Waals surface area contributed by atoms with E-state index in [0.717, 1.165) is 11.1 Å². The summed E-state index contributed by atoms with van der Waals surface area (Å²) in [4.78, 5) is 4.40. The van der Waals surface area contributed by atoms with Gasteiger partial charge in [0.25, 0.3) is 0 Å². The first-order valence-electron chi connectivity index (χ1n) is 7.88. The molecule has 0 aliphatic rings. The van der Waals surface area contributed by atoms with E-state index in [0.29, 0.717) is 33.5 Å². The number of methoxy groups -OCH3 is 1. The van der Waals surface area contributed by atoms with Gasteiger partial charge in [-0.3, -0.25) is 4.98 Å². The number of ether oxygens (including phenoxy) is 2. The number of rotatable bonds is 5. The molecule has 0 radical (unpaired) electrons. The number of hydrogen-bond acceptors (Lipinski definition) is 6. The average molecular weight is 401 g/mol. The molecule has 1 aromatic carbocycles. The maximum absolute atomic E-state index is 8.72. The summed E-state index contributed by atoms with van der Waals surface area (Å²) >= 11 is 12.8. The van der Waals surface area contributed by atoms with Gasteiger partial charge in [0.1, 0.15) is 17.6 Å². The highest BCUT2D eigenvalue weighted by atomic mass is 35.5. The number of hydrogen-bond donors (Lipinski definition) is 0. The summed E-state index contributed by atoms with van der Waals surface area (Å²) in [5, 5.41) is 17.4. The second-order valence-corrected chi connectivity index (χ2v) is 6.27. The number of nitrogens with zero attached hydrogens (tertiary/aromatic N) is 4. The molecule has 2 heterocycles. The Labute approximate surface area is 166 Å². The average Bonchev–Trinajstić information content (AvgIpc) is 2.68. The molecular formula is C19H14Cl2N4O2. The lowest BCUT2D eigenvalue weighted by Gasteiger charge is -2.15. The molecule has 0 aliphatic carbocycles. The minimum Gasteiger partial charge on any atom is -0.495 e. The lowest BCUT2D eigenvalue weighted by molar-refractivity contribution is 0.368. The second kappa shape index (κ2) is 8.21. The fourth-order valence-electron chi connectivity index (χ4n) is 2.65. The molecule has 6 nitrogen and oxygen atoms in total. The van der Waals surface area contributed by atoms with Gasteiger partial charge in [-0.1, -0.05) is 35.3 Å².